The smallest absolute Gasteiger partial charge is 0.313 e. The largest absolute Gasteiger partial charge is 0.494 e. The Morgan fingerprint density at radius 3 is 2.56 bits per heavy atom. The molecule has 2 aromatic rings. The van der Waals surface area contributed by atoms with E-state index in [0.717, 1.165) is 6.07 Å². The highest BCUT2D eigenvalue weighted by molar-refractivity contribution is 6.39. The molecule has 130 valence electrons. The second-order valence-corrected chi connectivity index (χ2v) is 5.28. The van der Waals surface area contributed by atoms with Crippen LogP contribution in [0.5, 0.6) is 5.75 Å². The molecule has 0 unspecified atom stereocenters. The van der Waals surface area contributed by atoms with Gasteiger partial charge in [0.25, 0.3) is 5.69 Å². The van der Waals surface area contributed by atoms with E-state index in [4.69, 9.17) is 16.3 Å². The molecule has 0 aliphatic rings. The number of anilines is 1. The molecular weight excluding hydrogens is 350 g/mol. The lowest BCUT2D eigenvalue weighted by molar-refractivity contribution is -0.384. The van der Waals surface area contributed by atoms with Crippen LogP contribution in [0.3, 0.4) is 0 Å². The number of nitro groups is 1. The summed E-state index contributed by atoms with van der Waals surface area (Å²) >= 11 is 5.97. The van der Waals surface area contributed by atoms with Crippen LogP contribution < -0.4 is 15.4 Å². The van der Waals surface area contributed by atoms with Crippen LogP contribution in [-0.4, -0.2) is 23.8 Å². The lowest BCUT2D eigenvalue weighted by Gasteiger charge is -2.10. The highest BCUT2D eigenvalue weighted by Gasteiger charge is 2.18. The Morgan fingerprint density at radius 1 is 1.20 bits per heavy atom. The van der Waals surface area contributed by atoms with E-state index < -0.39 is 16.7 Å². The molecule has 0 aliphatic carbocycles. The molecule has 0 saturated carbocycles. The normalized spacial score (nSPS) is 10.0. The van der Waals surface area contributed by atoms with Crippen molar-refractivity contribution < 1.29 is 19.2 Å². The van der Waals surface area contributed by atoms with Gasteiger partial charge >= 0.3 is 11.8 Å². The van der Waals surface area contributed by atoms with E-state index in [1.807, 2.05) is 0 Å². The van der Waals surface area contributed by atoms with Crippen molar-refractivity contribution in [3.63, 3.8) is 0 Å². The number of benzene rings is 2. The summed E-state index contributed by atoms with van der Waals surface area (Å²) in [5.74, 6) is -1.74. The van der Waals surface area contributed by atoms with Gasteiger partial charge in [-0.1, -0.05) is 29.8 Å². The standard InChI is InChI=1S/C16H14ClN3O5/c1-25-14-8-11(20(23)24)6-7-13(14)19-16(22)15(21)18-9-10-4-2-3-5-12(10)17/h2-8H,9H2,1H3,(H,18,21)(H,19,22). The highest BCUT2D eigenvalue weighted by atomic mass is 35.5. The molecule has 0 spiro atoms. The van der Waals surface area contributed by atoms with E-state index in [9.17, 15) is 19.7 Å². The molecule has 9 heteroatoms. The van der Waals surface area contributed by atoms with Crippen LogP contribution in [0.15, 0.2) is 42.5 Å². The van der Waals surface area contributed by atoms with Crippen molar-refractivity contribution in [3.05, 3.63) is 63.2 Å². The first-order chi connectivity index (χ1) is 11.9. The van der Waals surface area contributed by atoms with Crippen LogP contribution in [0.1, 0.15) is 5.56 Å². The number of amides is 2. The van der Waals surface area contributed by atoms with Gasteiger partial charge in [0, 0.05) is 17.6 Å². The molecular formula is C16H14ClN3O5. The molecule has 2 aromatic carbocycles. The van der Waals surface area contributed by atoms with Crippen LogP contribution in [0, 0.1) is 10.1 Å². The minimum Gasteiger partial charge on any atom is -0.494 e. The van der Waals surface area contributed by atoms with Gasteiger partial charge in [0.2, 0.25) is 0 Å². The SMILES string of the molecule is COc1cc([N+](=O)[O-])ccc1NC(=O)C(=O)NCc1ccccc1Cl. The predicted octanol–water partition coefficient (Wildman–Crippen LogP) is 2.51. The van der Waals surface area contributed by atoms with Crippen LogP contribution in [0.25, 0.3) is 0 Å². The van der Waals surface area contributed by atoms with Gasteiger partial charge in [-0.2, -0.15) is 0 Å². The highest BCUT2D eigenvalue weighted by Crippen LogP contribution is 2.28. The number of nitro benzene ring substituents is 1. The van der Waals surface area contributed by atoms with Crippen molar-refractivity contribution in [3.8, 4) is 5.75 Å². The number of ether oxygens (including phenoxy) is 1. The van der Waals surface area contributed by atoms with E-state index in [-0.39, 0.29) is 23.7 Å². The summed E-state index contributed by atoms with van der Waals surface area (Å²) in [6.45, 7) is 0.0866. The third kappa shape index (κ3) is 4.67. The number of hydrogen-bond acceptors (Lipinski definition) is 5. The van der Waals surface area contributed by atoms with Gasteiger partial charge < -0.3 is 15.4 Å². The fourth-order valence-corrected chi connectivity index (χ4v) is 2.18. The minimum absolute atomic E-state index is 0.0708. The van der Waals surface area contributed by atoms with Crippen molar-refractivity contribution in [2.24, 2.45) is 0 Å². The minimum atomic E-state index is -0.931. The summed E-state index contributed by atoms with van der Waals surface area (Å²) < 4.78 is 4.99. The summed E-state index contributed by atoms with van der Waals surface area (Å²) in [6, 6.07) is 10.5. The van der Waals surface area contributed by atoms with Crippen molar-refractivity contribution in [2.45, 2.75) is 6.54 Å². The summed E-state index contributed by atoms with van der Waals surface area (Å²) in [5, 5.41) is 16.0. The first-order valence-electron chi connectivity index (χ1n) is 7.07. The fraction of sp³-hybridized carbons (Fsp3) is 0.125. The van der Waals surface area contributed by atoms with Crippen molar-refractivity contribution in [2.75, 3.05) is 12.4 Å². The fourth-order valence-electron chi connectivity index (χ4n) is 1.97. The second-order valence-electron chi connectivity index (χ2n) is 4.87. The topological polar surface area (TPSA) is 111 Å². The number of carbonyl (C=O) groups is 2. The quantitative estimate of drug-likeness (QED) is 0.481. The molecule has 0 aromatic heterocycles. The van der Waals surface area contributed by atoms with Crippen LogP contribution in [-0.2, 0) is 16.1 Å². The molecule has 0 atom stereocenters. The summed E-state index contributed by atoms with van der Waals surface area (Å²) in [6.07, 6.45) is 0. The number of nitrogens with zero attached hydrogens (tertiary/aromatic N) is 1. The zero-order chi connectivity index (χ0) is 18.4. The molecule has 0 bridgehead atoms. The molecule has 0 aliphatic heterocycles. The van der Waals surface area contributed by atoms with Gasteiger partial charge in [0.15, 0.2) is 0 Å². The molecule has 25 heavy (non-hydrogen) atoms. The van der Waals surface area contributed by atoms with Crippen molar-refractivity contribution >= 4 is 34.8 Å². The van der Waals surface area contributed by atoms with Gasteiger partial charge in [-0.25, -0.2) is 0 Å². The summed E-state index contributed by atoms with van der Waals surface area (Å²) in [7, 11) is 1.30. The number of methoxy groups -OCH3 is 1. The lowest BCUT2D eigenvalue weighted by Crippen LogP contribution is -2.35. The summed E-state index contributed by atoms with van der Waals surface area (Å²) in [5.41, 5.74) is 0.613. The van der Waals surface area contributed by atoms with Crippen molar-refractivity contribution in [1.29, 1.82) is 0 Å². The van der Waals surface area contributed by atoms with Crippen LogP contribution in [0.2, 0.25) is 5.02 Å². The first-order valence-corrected chi connectivity index (χ1v) is 7.45. The molecule has 8 nitrogen and oxygen atoms in total. The van der Waals surface area contributed by atoms with E-state index >= 15 is 0 Å². The Morgan fingerprint density at radius 2 is 1.92 bits per heavy atom. The van der Waals surface area contributed by atoms with E-state index in [0.29, 0.717) is 10.6 Å². The van der Waals surface area contributed by atoms with Gasteiger partial charge in [-0.15, -0.1) is 0 Å². The van der Waals surface area contributed by atoms with Gasteiger partial charge in [0.05, 0.1) is 23.8 Å². The Kier molecular flexibility index (Phi) is 5.91. The Labute approximate surface area is 147 Å². The zero-order valence-corrected chi connectivity index (χ0v) is 13.9. The zero-order valence-electron chi connectivity index (χ0n) is 13.1. The molecule has 0 heterocycles. The average Bonchev–Trinajstić information content (AvgIpc) is 2.60. The van der Waals surface area contributed by atoms with Crippen molar-refractivity contribution in [1.82, 2.24) is 5.32 Å². The van der Waals surface area contributed by atoms with E-state index in [1.54, 1.807) is 24.3 Å². The van der Waals surface area contributed by atoms with Crippen LogP contribution >= 0.6 is 11.6 Å². The molecule has 0 radical (unpaired) electrons. The number of rotatable bonds is 5. The Bertz CT molecular complexity index is 825. The third-order valence-electron chi connectivity index (χ3n) is 3.25. The van der Waals surface area contributed by atoms with E-state index in [1.165, 1.54) is 19.2 Å². The first kappa shape index (κ1) is 18.2. The second kappa shape index (κ2) is 8.11. The maximum Gasteiger partial charge on any atom is 0.313 e. The monoisotopic (exact) mass is 363 g/mol. The maximum atomic E-state index is 12.0. The third-order valence-corrected chi connectivity index (χ3v) is 3.62. The maximum absolute atomic E-state index is 12.0. The number of hydrogen-bond donors (Lipinski definition) is 2. The van der Waals surface area contributed by atoms with E-state index in [2.05, 4.69) is 10.6 Å². The molecule has 0 fully saturated rings. The number of non-ortho nitro benzene ring substituents is 1. The molecule has 0 saturated heterocycles. The van der Waals surface area contributed by atoms with Gasteiger partial charge in [-0.3, -0.25) is 19.7 Å². The number of nitrogens with one attached hydrogen (secondary N) is 2. The average molecular weight is 364 g/mol. The summed E-state index contributed by atoms with van der Waals surface area (Å²) in [4.78, 5) is 34.0. The number of halogens is 1. The predicted molar refractivity (Wildman–Crippen MR) is 91.6 cm³/mol. The number of carbonyl (C=O) groups excluding carboxylic acids is 2. The molecule has 2 N–H and O–H groups in total. The van der Waals surface area contributed by atoms with Crippen LogP contribution in [0.4, 0.5) is 11.4 Å². The van der Waals surface area contributed by atoms with Gasteiger partial charge in [-0.05, 0) is 17.7 Å². The van der Waals surface area contributed by atoms with Gasteiger partial charge in [0.1, 0.15) is 5.75 Å². The molecule has 2 rings (SSSR count). The Hall–Kier alpha value is -3.13. The molecule has 2 amide bonds. The Balaban J connectivity index is 2.02. The lowest BCUT2D eigenvalue weighted by atomic mass is 10.2.